The summed E-state index contributed by atoms with van der Waals surface area (Å²) in [5.74, 6) is 2.01. The predicted molar refractivity (Wildman–Crippen MR) is 106 cm³/mol. The summed E-state index contributed by atoms with van der Waals surface area (Å²) in [4.78, 5) is 15.8. The van der Waals surface area contributed by atoms with E-state index in [-0.39, 0.29) is 11.8 Å². The number of carbonyl (C=O) groups is 1. The Labute approximate surface area is 165 Å². The second-order valence-electron chi connectivity index (χ2n) is 8.13. The van der Waals surface area contributed by atoms with E-state index in [4.69, 9.17) is 9.47 Å². The van der Waals surface area contributed by atoms with Crippen LogP contribution in [0.5, 0.6) is 11.5 Å². The topological polar surface area (TPSA) is 68.7 Å². The third-order valence-electron chi connectivity index (χ3n) is 6.09. The molecular weight excluding hydrogens is 354 g/mol. The summed E-state index contributed by atoms with van der Waals surface area (Å²) < 4.78 is 11.3. The maximum atomic E-state index is 11.5. The van der Waals surface area contributed by atoms with Crippen LogP contribution in [0.3, 0.4) is 0 Å². The summed E-state index contributed by atoms with van der Waals surface area (Å²) in [6.45, 7) is 2.48. The minimum Gasteiger partial charge on any atom is -0.495 e. The van der Waals surface area contributed by atoms with Gasteiger partial charge in [0.1, 0.15) is 11.5 Å². The van der Waals surface area contributed by atoms with Gasteiger partial charge in [0, 0.05) is 12.1 Å². The van der Waals surface area contributed by atoms with Gasteiger partial charge in [-0.3, -0.25) is 9.78 Å². The number of benzene rings is 1. The lowest BCUT2D eigenvalue weighted by atomic mass is 9.83. The molecule has 2 aromatic rings. The number of methoxy groups -OCH3 is 1. The van der Waals surface area contributed by atoms with E-state index >= 15 is 0 Å². The number of aliphatic carboxylic acids is 1. The highest BCUT2D eigenvalue weighted by Crippen LogP contribution is 2.49. The Kier molecular flexibility index (Phi) is 5.25. The Morgan fingerprint density at radius 1 is 1.25 bits per heavy atom. The van der Waals surface area contributed by atoms with Crippen LogP contribution in [0.1, 0.15) is 49.1 Å². The summed E-state index contributed by atoms with van der Waals surface area (Å²) >= 11 is 0. The Balaban J connectivity index is 1.38. The third-order valence-corrected chi connectivity index (χ3v) is 6.09. The fourth-order valence-electron chi connectivity index (χ4n) is 4.18. The standard InChI is InChI=1S/C23H27NO4/c1-14(23(25)26)22(15-6-7-15)16-4-3-5-19(8-16)28-13-18-10-21(18)17-9-20(27-2)12-24-11-17/h3-5,8-9,11-12,14-15,18,21-22H,6-7,10,13H2,1-2H3,(H,25,26)/t14-,18+,21+,22-/m0/s1. The fraction of sp³-hybridized carbons (Fsp3) is 0.478. The van der Waals surface area contributed by atoms with Crippen LogP contribution < -0.4 is 9.47 Å². The van der Waals surface area contributed by atoms with Gasteiger partial charge in [0.2, 0.25) is 0 Å². The normalized spacial score (nSPS) is 22.9. The minimum absolute atomic E-state index is 0.0672. The van der Waals surface area contributed by atoms with Crippen LogP contribution in [-0.4, -0.2) is 29.8 Å². The average Bonchev–Trinajstić information content (AvgIpc) is 3.62. The third kappa shape index (κ3) is 4.13. The first-order chi connectivity index (χ1) is 13.6. The molecule has 0 amide bonds. The van der Waals surface area contributed by atoms with E-state index in [2.05, 4.69) is 4.98 Å². The molecule has 1 aromatic heterocycles. The van der Waals surface area contributed by atoms with Gasteiger partial charge in [0.15, 0.2) is 0 Å². The molecule has 4 atom stereocenters. The van der Waals surface area contributed by atoms with Crippen molar-refractivity contribution >= 4 is 5.97 Å². The van der Waals surface area contributed by atoms with Crippen LogP contribution in [0.25, 0.3) is 0 Å². The Morgan fingerprint density at radius 2 is 2.07 bits per heavy atom. The van der Waals surface area contributed by atoms with Crippen LogP contribution in [0.15, 0.2) is 42.7 Å². The largest absolute Gasteiger partial charge is 0.495 e. The average molecular weight is 381 g/mol. The lowest BCUT2D eigenvalue weighted by Crippen LogP contribution is -2.20. The summed E-state index contributed by atoms with van der Waals surface area (Å²) in [6.07, 6.45) is 6.95. The Bertz CT molecular complexity index is 848. The number of aromatic nitrogens is 1. The van der Waals surface area contributed by atoms with Crippen LogP contribution in [-0.2, 0) is 4.79 Å². The van der Waals surface area contributed by atoms with Gasteiger partial charge in [0.25, 0.3) is 0 Å². The first-order valence-electron chi connectivity index (χ1n) is 10.0. The second-order valence-corrected chi connectivity index (χ2v) is 8.13. The molecule has 1 heterocycles. The monoisotopic (exact) mass is 381 g/mol. The molecule has 1 N–H and O–H groups in total. The van der Waals surface area contributed by atoms with Crippen LogP contribution in [0, 0.1) is 17.8 Å². The smallest absolute Gasteiger partial charge is 0.306 e. The molecule has 0 bridgehead atoms. The molecule has 0 spiro atoms. The van der Waals surface area contributed by atoms with Crippen LogP contribution in [0.4, 0.5) is 0 Å². The van der Waals surface area contributed by atoms with Crippen LogP contribution in [0.2, 0.25) is 0 Å². The first kappa shape index (κ1) is 18.8. The number of carboxylic acid groups (broad SMARTS) is 1. The van der Waals surface area contributed by atoms with Crippen molar-refractivity contribution in [3.63, 3.8) is 0 Å². The number of nitrogens with zero attached hydrogens (tertiary/aromatic N) is 1. The molecule has 2 saturated carbocycles. The van der Waals surface area contributed by atoms with Crippen molar-refractivity contribution in [1.82, 2.24) is 4.98 Å². The molecule has 0 saturated heterocycles. The van der Waals surface area contributed by atoms with Crippen molar-refractivity contribution in [3.05, 3.63) is 53.9 Å². The van der Waals surface area contributed by atoms with E-state index in [0.717, 1.165) is 36.3 Å². The Hall–Kier alpha value is -2.56. The van der Waals surface area contributed by atoms with Crippen molar-refractivity contribution in [1.29, 1.82) is 0 Å². The molecule has 0 unspecified atom stereocenters. The van der Waals surface area contributed by atoms with Gasteiger partial charge in [-0.25, -0.2) is 0 Å². The molecule has 2 aliphatic rings. The van der Waals surface area contributed by atoms with E-state index in [1.54, 1.807) is 13.3 Å². The van der Waals surface area contributed by atoms with Crippen molar-refractivity contribution in [2.45, 2.75) is 38.0 Å². The van der Waals surface area contributed by atoms with Crippen molar-refractivity contribution in [2.24, 2.45) is 17.8 Å². The lowest BCUT2D eigenvalue weighted by molar-refractivity contribution is -0.142. The Morgan fingerprint density at radius 3 is 2.79 bits per heavy atom. The number of rotatable bonds is 9. The predicted octanol–water partition coefficient (Wildman–Crippen LogP) is 4.49. The molecule has 1 aromatic carbocycles. The van der Waals surface area contributed by atoms with Gasteiger partial charge in [-0.15, -0.1) is 0 Å². The highest BCUT2D eigenvalue weighted by molar-refractivity contribution is 5.71. The highest BCUT2D eigenvalue weighted by atomic mass is 16.5. The molecule has 4 rings (SSSR count). The summed E-state index contributed by atoms with van der Waals surface area (Å²) in [6, 6.07) is 10.1. The van der Waals surface area contributed by atoms with Gasteiger partial charge in [-0.1, -0.05) is 19.1 Å². The van der Waals surface area contributed by atoms with Crippen molar-refractivity contribution < 1.29 is 19.4 Å². The quantitative estimate of drug-likeness (QED) is 0.693. The van der Waals surface area contributed by atoms with Crippen LogP contribution >= 0.6 is 0 Å². The number of ether oxygens (including phenoxy) is 2. The zero-order valence-corrected chi connectivity index (χ0v) is 16.4. The molecule has 0 radical (unpaired) electrons. The molecule has 0 aliphatic heterocycles. The maximum absolute atomic E-state index is 11.5. The number of hydrogen-bond donors (Lipinski definition) is 1. The van der Waals surface area contributed by atoms with E-state index in [1.807, 2.05) is 43.5 Å². The molecule has 148 valence electrons. The van der Waals surface area contributed by atoms with E-state index in [9.17, 15) is 9.90 Å². The SMILES string of the molecule is COc1cncc([C@H]2C[C@@H]2COc2cccc([C@H](C3CC3)[C@H](C)C(=O)O)c2)c1. The van der Waals surface area contributed by atoms with E-state index in [0.29, 0.717) is 24.4 Å². The second kappa shape index (κ2) is 7.82. The van der Waals surface area contributed by atoms with Gasteiger partial charge < -0.3 is 14.6 Å². The first-order valence-corrected chi connectivity index (χ1v) is 10.0. The van der Waals surface area contributed by atoms with Gasteiger partial charge >= 0.3 is 5.97 Å². The number of carboxylic acids is 1. The molecule has 2 fully saturated rings. The fourth-order valence-corrected chi connectivity index (χ4v) is 4.18. The summed E-state index contributed by atoms with van der Waals surface area (Å²) in [5, 5.41) is 9.47. The van der Waals surface area contributed by atoms with Crippen molar-refractivity contribution in [2.75, 3.05) is 13.7 Å². The van der Waals surface area contributed by atoms with E-state index < -0.39 is 5.97 Å². The number of pyridine rings is 1. The van der Waals surface area contributed by atoms with Gasteiger partial charge in [-0.2, -0.15) is 0 Å². The molecule has 5 heteroatoms. The van der Waals surface area contributed by atoms with Gasteiger partial charge in [0.05, 0.1) is 25.8 Å². The summed E-state index contributed by atoms with van der Waals surface area (Å²) in [5.41, 5.74) is 2.28. The zero-order chi connectivity index (χ0) is 19.7. The summed E-state index contributed by atoms with van der Waals surface area (Å²) in [7, 11) is 1.65. The van der Waals surface area contributed by atoms with Crippen molar-refractivity contribution in [3.8, 4) is 11.5 Å². The molecule has 5 nitrogen and oxygen atoms in total. The van der Waals surface area contributed by atoms with Gasteiger partial charge in [-0.05, 0) is 66.3 Å². The highest BCUT2D eigenvalue weighted by Gasteiger charge is 2.40. The molecule has 2 aliphatic carbocycles. The zero-order valence-electron chi connectivity index (χ0n) is 16.4. The molecular formula is C23H27NO4. The lowest BCUT2D eigenvalue weighted by Gasteiger charge is -2.21. The maximum Gasteiger partial charge on any atom is 0.306 e. The molecule has 28 heavy (non-hydrogen) atoms. The number of hydrogen-bond acceptors (Lipinski definition) is 4. The minimum atomic E-state index is -0.726. The van der Waals surface area contributed by atoms with E-state index in [1.165, 1.54) is 5.56 Å².